The molecule has 0 N–H and O–H groups in total. The lowest BCUT2D eigenvalue weighted by molar-refractivity contribution is 0.142. The Morgan fingerprint density at radius 1 is 1.29 bits per heavy atom. The highest BCUT2D eigenvalue weighted by Crippen LogP contribution is 2.23. The Bertz CT molecular complexity index is 181. The standard InChI is InChI=1S/C12H26N2/c1-10(2)13(6)11-7-8-14(9-11)12(3,4)5/h10-11H,7-9H2,1-6H3. The second kappa shape index (κ2) is 4.19. The smallest absolute Gasteiger partial charge is 0.0235 e. The van der Waals surface area contributed by atoms with Crippen molar-refractivity contribution in [2.45, 2.75) is 58.7 Å². The second-order valence-electron chi connectivity index (χ2n) is 5.82. The first-order chi connectivity index (χ1) is 6.32. The molecule has 0 bridgehead atoms. The summed E-state index contributed by atoms with van der Waals surface area (Å²) in [6.07, 6.45) is 1.33. The van der Waals surface area contributed by atoms with Gasteiger partial charge in [-0.3, -0.25) is 9.80 Å². The molecule has 1 heterocycles. The highest BCUT2D eigenvalue weighted by Gasteiger charge is 2.32. The van der Waals surface area contributed by atoms with Crippen molar-refractivity contribution in [3.8, 4) is 0 Å². The van der Waals surface area contributed by atoms with Crippen LogP contribution < -0.4 is 0 Å². The third kappa shape index (κ3) is 2.71. The van der Waals surface area contributed by atoms with Gasteiger partial charge in [-0.15, -0.1) is 0 Å². The van der Waals surface area contributed by atoms with E-state index in [4.69, 9.17) is 0 Å². The van der Waals surface area contributed by atoms with E-state index in [0.29, 0.717) is 11.6 Å². The molecule has 1 saturated heterocycles. The van der Waals surface area contributed by atoms with Gasteiger partial charge in [-0.2, -0.15) is 0 Å². The third-order valence-electron chi connectivity index (χ3n) is 3.50. The molecule has 1 aliphatic heterocycles. The second-order valence-corrected chi connectivity index (χ2v) is 5.82. The maximum atomic E-state index is 2.59. The zero-order valence-electron chi connectivity index (χ0n) is 10.7. The van der Waals surface area contributed by atoms with Crippen molar-refractivity contribution in [3.63, 3.8) is 0 Å². The lowest BCUT2D eigenvalue weighted by Crippen LogP contribution is -2.43. The monoisotopic (exact) mass is 198 g/mol. The van der Waals surface area contributed by atoms with E-state index in [2.05, 4.69) is 51.5 Å². The average molecular weight is 198 g/mol. The molecule has 0 aromatic carbocycles. The van der Waals surface area contributed by atoms with Crippen molar-refractivity contribution in [3.05, 3.63) is 0 Å². The first kappa shape index (κ1) is 12.0. The molecule has 0 spiro atoms. The molecule has 84 valence electrons. The van der Waals surface area contributed by atoms with Gasteiger partial charge in [-0.05, 0) is 48.1 Å². The van der Waals surface area contributed by atoms with Crippen LogP contribution in [0, 0.1) is 0 Å². The van der Waals surface area contributed by atoms with Crippen molar-refractivity contribution < 1.29 is 0 Å². The number of rotatable bonds is 2. The maximum absolute atomic E-state index is 2.59. The van der Waals surface area contributed by atoms with Crippen LogP contribution in [0.15, 0.2) is 0 Å². The van der Waals surface area contributed by atoms with Crippen molar-refractivity contribution in [2.24, 2.45) is 0 Å². The van der Waals surface area contributed by atoms with E-state index >= 15 is 0 Å². The number of hydrogen-bond acceptors (Lipinski definition) is 2. The van der Waals surface area contributed by atoms with Crippen LogP contribution in [-0.4, -0.2) is 47.6 Å². The molecule has 0 aromatic rings. The van der Waals surface area contributed by atoms with Crippen LogP contribution in [-0.2, 0) is 0 Å². The Morgan fingerprint density at radius 3 is 2.21 bits per heavy atom. The first-order valence-electron chi connectivity index (χ1n) is 5.79. The highest BCUT2D eigenvalue weighted by atomic mass is 15.3. The van der Waals surface area contributed by atoms with E-state index in [-0.39, 0.29) is 0 Å². The minimum absolute atomic E-state index is 0.340. The molecule has 1 rings (SSSR count). The van der Waals surface area contributed by atoms with Gasteiger partial charge in [0.1, 0.15) is 0 Å². The molecule has 2 nitrogen and oxygen atoms in total. The molecule has 1 aliphatic rings. The van der Waals surface area contributed by atoms with Crippen LogP contribution in [0.3, 0.4) is 0 Å². The SMILES string of the molecule is CC(C)N(C)C1CCN(C(C)(C)C)C1. The third-order valence-corrected chi connectivity index (χ3v) is 3.50. The average Bonchev–Trinajstić information content (AvgIpc) is 2.49. The molecule has 0 aromatic heterocycles. The van der Waals surface area contributed by atoms with Crippen LogP contribution in [0.25, 0.3) is 0 Å². The normalized spacial score (nSPS) is 25.3. The van der Waals surface area contributed by atoms with E-state index in [1.165, 1.54) is 19.5 Å². The van der Waals surface area contributed by atoms with Gasteiger partial charge >= 0.3 is 0 Å². The lowest BCUT2D eigenvalue weighted by Gasteiger charge is -2.33. The van der Waals surface area contributed by atoms with Crippen molar-refractivity contribution in [1.29, 1.82) is 0 Å². The van der Waals surface area contributed by atoms with E-state index < -0.39 is 0 Å². The molecule has 1 fully saturated rings. The van der Waals surface area contributed by atoms with Gasteiger partial charge in [-0.25, -0.2) is 0 Å². The van der Waals surface area contributed by atoms with Gasteiger partial charge in [0.15, 0.2) is 0 Å². The summed E-state index contributed by atoms with van der Waals surface area (Å²) < 4.78 is 0. The summed E-state index contributed by atoms with van der Waals surface area (Å²) in [6, 6.07) is 1.43. The van der Waals surface area contributed by atoms with Gasteiger partial charge < -0.3 is 0 Å². The molecule has 0 amide bonds. The Hall–Kier alpha value is -0.0800. The highest BCUT2D eigenvalue weighted by molar-refractivity contribution is 4.89. The minimum atomic E-state index is 0.340. The van der Waals surface area contributed by atoms with E-state index in [1.54, 1.807) is 0 Å². The quantitative estimate of drug-likeness (QED) is 0.671. The van der Waals surface area contributed by atoms with Gasteiger partial charge in [-0.1, -0.05) is 0 Å². The summed E-state index contributed by atoms with van der Waals surface area (Å²) in [5.41, 5.74) is 0.340. The molecular formula is C12H26N2. The maximum Gasteiger partial charge on any atom is 0.0235 e. The van der Waals surface area contributed by atoms with Crippen LogP contribution in [0.2, 0.25) is 0 Å². The van der Waals surface area contributed by atoms with E-state index in [0.717, 1.165) is 6.04 Å². The van der Waals surface area contributed by atoms with Crippen molar-refractivity contribution >= 4 is 0 Å². The Labute approximate surface area is 89.3 Å². The first-order valence-corrected chi connectivity index (χ1v) is 5.79. The largest absolute Gasteiger partial charge is 0.300 e. The Kier molecular flexibility index (Phi) is 3.59. The van der Waals surface area contributed by atoms with E-state index in [1.807, 2.05) is 0 Å². The fourth-order valence-corrected chi connectivity index (χ4v) is 2.11. The molecule has 1 atom stereocenters. The minimum Gasteiger partial charge on any atom is -0.300 e. The number of nitrogens with zero attached hydrogens (tertiary/aromatic N) is 2. The Morgan fingerprint density at radius 2 is 1.86 bits per heavy atom. The topological polar surface area (TPSA) is 6.48 Å². The predicted molar refractivity (Wildman–Crippen MR) is 62.6 cm³/mol. The van der Waals surface area contributed by atoms with Crippen LogP contribution in [0.5, 0.6) is 0 Å². The van der Waals surface area contributed by atoms with Gasteiger partial charge in [0.2, 0.25) is 0 Å². The number of likely N-dealkylation sites (tertiary alicyclic amines) is 1. The van der Waals surface area contributed by atoms with Crippen LogP contribution >= 0.6 is 0 Å². The summed E-state index contributed by atoms with van der Waals surface area (Å²) >= 11 is 0. The van der Waals surface area contributed by atoms with Crippen molar-refractivity contribution in [1.82, 2.24) is 9.80 Å². The van der Waals surface area contributed by atoms with Gasteiger partial charge in [0.05, 0.1) is 0 Å². The van der Waals surface area contributed by atoms with Crippen LogP contribution in [0.1, 0.15) is 41.0 Å². The fraction of sp³-hybridized carbons (Fsp3) is 1.00. The summed E-state index contributed by atoms with van der Waals surface area (Å²) in [5, 5.41) is 0. The zero-order chi connectivity index (χ0) is 10.9. The summed E-state index contributed by atoms with van der Waals surface area (Å²) in [5.74, 6) is 0. The fourth-order valence-electron chi connectivity index (χ4n) is 2.11. The van der Waals surface area contributed by atoms with Gasteiger partial charge in [0, 0.05) is 30.7 Å². The van der Waals surface area contributed by atoms with E-state index in [9.17, 15) is 0 Å². The zero-order valence-corrected chi connectivity index (χ0v) is 10.7. The summed E-state index contributed by atoms with van der Waals surface area (Å²) in [7, 11) is 2.25. The molecule has 0 radical (unpaired) electrons. The summed E-state index contributed by atoms with van der Waals surface area (Å²) in [4.78, 5) is 5.10. The molecular weight excluding hydrogens is 172 g/mol. The molecule has 2 heteroatoms. The van der Waals surface area contributed by atoms with Crippen LogP contribution in [0.4, 0.5) is 0 Å². The molecule has 0 aliphatic carbocycles. The number of likely N-dealkylation sites (N-methyl/N-ethyl adjacent to an activating group) is 1. The Balaban J connectivity index is 2.49. The lowest BCUT2D eigenvalue weighted by atomic mass is 10.1. The predicted octanol–water partition coefficient (Wildman–Crippen LogP) is 2.20. The number of hydrogen-bond donors (Lipinski definition) is 0. The van der Waals surface area contributed by atoms with Crippen molar-refractivity contribution in [2.75, 3.05) is 20.1 Å². The molecule has 14 heavy (non-hydrogen) atoms. The molecule has 1 unspecified atom stereocenters. The van der Waals surface area contributed by atoms with Gasteiger partial charge in [0.25, 0.3) is 0 Å². The molecule has 0 saturated carbocycles. The summed E-state index contributed by atoms with van der Waals surface area (Å²) in [6.45, 7) is 14.0.